The van der Waals surface area contributed by atoms with E-state index >= 15 is 0 Å². The molecule has 1 amide bonds. The number of benzene rings is 2. The third kappa shape index (κ3) is 3.99. The van der Waals surface area contributed by atoms with Gasteiger partial charge >= 0.3 is 0 Å². The van der Waals surface area contributed by atoms with Gasteiger partial charge in [0.25, 0.3) is 5.91 Å². The molecule has 7 heteroatoms. The van der Waals surface area contributed by atoms with Crippen LogP contribution in [0, 0.1) is 13.8 Å². The number of rotatable bonds is 4. The normalized spacial score (nSPS) is 15.6. The van der Waals surface area contributed by atoms with Crippen LogP contribution in [0.4, 0.5) is 0 Å². The molecule has 0 radical (unpaired) electrons. The quantitative estimate of drug-likeness (QED) is 0.807. The Morgan fingerprint density at radius 2 is 1.52 bits per heavy atom. The van der Waals surface area contributed by atoms with Gasteiger partial charge in [-0.05, 0) is 43.7 Å². The van der Waals surface area contributed by atoms with Crippen LogP contribution in [0.5, 0.6) is 5.75 Å². The lowest BCUT2D eigenvalue weighted by molar-refractivity contribution is 0.0698. The molecule has 0 bridgehead atoms. The van der Waals surface area contributed by atoms with Gasteiger partial charge in [-0.25, -0.2) is 8.42 Å². The van der Waals surface area contributed by atoms with Crippen LogP contribution in [-0.2, 0) is 10.0 Å². The maximum Gasteiger partial charge on any atom is 0.253 e. The lowest BCUT2D eigenvalue weighted by atomic mass is 10.1. The van der Waals surface area contributed by atoms with E-state index in [1.807, 2.05) is 32.0 Å². The summed E-state index contributed by atoms with van der Waals surface area (Å²) in [5, 5.41) is 0. The van der Waals surface area contributed by atoms with Crippen molar-refractivity contribution in [2.45, 2.75) is 18.7 Å². The van der Waals surface area contributed by atoms with Gasteiger partial charge in [0, 0.05) is 31.7 Å². The highest BCUT2D eigenvalue weighted by molar-refractivity contribution is 7.89. The van der Waals surface area contributed by atoms with Gasteiger partial charge in [0.1, 0.15) is 10.6 Å². The summed E-state index contributed by atoms with van der Waals surface area (Å²) in [6, 6.07) is 12.5. The van der Waals surface area contributed by atoms with E-state index in [0.29, 0.717) is 24.4 Å². The fourth-order valence-electron chi connectivity index (χ4n) is 3.13. The Hall–Kier alpha value is -2.38. The molecule has 0 N–H and O–H groups in total. The summed E-state index contributed by atoms with van der Waals surface area (Å²) in [5.41, 5.74) is 2.56. The van der Waals surface area contributed by atoms with Gasteiger partial charge in [-0.3, -0.25) is 4.79 Å². The van der Waals surface area contributed by atoms with Crippen LogP contribution >= 0.6 is 0 Å². The lowest BCUT2D eigenvalue weighted by Crippen LogP contribution is -2.50. The minimum absolute atomic E-state index is 0.0693. The predicted octanol–water partition coefficient (Wildman–Crippen LogP) is 2.46. The zero-order valence-electron chi connectivity index (χ0n) is 15.8. The Balaban J connectivity index is 1.74. The van der Waals surface area contributed by atoms with Crippen LogP contribution in [-0.4, -0.2) is 56.8 Å². The van der Waals surface area contributed by atoms with Crippen molar-refractivity contribution in [3.8, 4) is 5.75 Å². The molecule has 0 atom stereocenters. The van der Waals surface area contributed by atoms with Crippen LogP contribution < -0.4 is 4.74 Å². The Morgan fingerprint density at radius 1 is 0.926 bits per heavy atom. The van der Waals surface area contributed by atoms with Gasteiger partial charge in [0.05, 0.1) is 7.11 Å². The molecule has 1 aliphatic rings. The number of carbonyl (C=O) groups excluding carboxylic acids is 1. The summed E-state index contributed by atoms with van der Waals surface area (Å²) < 4.78 is 32.7. The first kappa shape index (κ1) is 19.4. The Labute approximate surface area is 160 Å². The SMILES string of the molecule is COc1ccc(C)cc1S(=O)(=O)N1CCN(C(=O)c2ccc(C)cc2)CC1. The summed E-state index contributed by atoms with van der Waals surface area (Å²) in [4.78, 5) is 14.5. The molecule has 1 fully saturated rings. The van der Waals surface area contributed by atoms with E-state index in [0.717, 1.165) is 11.1 Å². The Kier molecular flexibility index (Phi) is 5.53. The zero-order valence-corrected chi connectivity index (χ0v) is 16.6. The lowest BCUT2D eigenvalue weighted by Gasteiger charge is -2.34. The minimum atomic E-state index is -3.68. The highest BCUT2D eigenvalue weighted by Gasteiger charge is 2.32. The molecule has 3 rings (SSSR count). The average molecular weight is 388 g/mol. The Morgan fingerprint density at radius 3 is 2.11 bits per heavy atom. The number of sulfonamides is 1. The van der Waals surface area contributed by atoms with Gasteiger partial charge in [-0.1, -0.05) is 23.8 Å². The third-order valence-corrected chi connectivity index (χ3v) is 6.68. The molecule has 0 aliphatic carbocycles. The number of nitrogens with zero attached hydrogens (tertiary/aromatic N) is 2. The van der Waals surface area contributed by atoms with Crippen LogP contribution in [0.3, 0.4) is 0 Å². The number of ether oxygens (including phenoxy) is 1. The summed E-state index contributed by atoms with van der Waals surface area (Å²) in [7, 11) is -2.22. The molecule has 6 nitrogen and oxygen atoms in total. The van der Waals surface area contributed by atoms with Crippen molar-refractivity contribution >= 4 is 15.9 Å². The first-order chi connectivity index (χ1) is 12.8. The molecule has 144 valence electrons. The highest BCUT2D eigenvalue weighted by Crippen LogP contribution is 2.28. The molecule has 0 saturated carbocycles. The van der Waals surface area contributed by atoms with Crippen LogP contribution in [0.15, 0.2) is 47.4 Å². The highest BCUT2D eigenvalue weighted by atomic mass is 32.2. The number of amides is 1. The average Bonchev–Trinajstić information content (AvgIpc) is 2.68. The molecule has 0 aromatic heterocycles. The smallest absolute Gasteiger partial charge is 0.253 e. The molecule has 1 aliphatic heterocycles. The van der Waals surface area contributed by atoms with Crippen molar-refractivity contribution in [1.82, 2.24) is 9.21 Å². The first-order valence-corrected chi connectivity index (χ1v) is 10.3. The number of carbonyl (C=O) groups is 1. The van der Waals surface area contributed by atoms with Gasteiger partial charge in [-0.15, -0.1) is 0 Å². The minimum Gasteiger partial charge on any atom is -0.495 e. The monoisotopic (exact) mass is 388 g/mol. The standard InChI is InChI=1S/C20H24N2O4S/c1-15-4-7-17(8-5-15)20(23)21-10-12-22(13-11-21)27(24,25)19-14-16(2)6-9-18(19)26-3/h4-9,14H,10-13H2,1-3H3. The van der Waals surface area contributed by atoms with E-state index in [9.17, 15) is 13.2 Å². The number of piperazine rings is 1. The summed E-state index contributed by atoms with van der Waals surface area (Å²) in [5.74, 6) is 0.263. The van der Waals surface area contributed by atoms with E-state index in [-0.39, 0.29) is 23.9 Å². The number of methoxy groups -OCH3 is 1. The Bertz CT molecular complexity index is 931. The molecule has 0 spiro atoms. The number of hydrogen-bond donors (Lipinski definition) is 0. The maximum atomic E-state index is 13.0. The summed E-state index contributed by atoms with van der Waals surface area (Å²) in [6.45, 7) is 5.06. The number of hydrogen-bond acceptors (Lipinski definition) is 4. The summed E-state index contributed by atoms with van der Waals surface area (Å²) in [6.07, 6.45) is 0. The molecule has 2 aromatic carbocycles. The first-order valence-electron chi connectivity index (χ1n) is 8.83. The van der Waals surface area contributed by atoms with Crippen molar-refractivity contribution in [2.75, 3.05) is 33.3 Å². The third-order valence-electron chi connectivity index (χ3n) is 4.76. The van der Waals surface area contributed by atoms with Crippen molar-refractivity contribution in [1.29, 1.82) is 0 Å². The van der Waals surface area contributed by atoms with E-state index in [2.05, 4.69) is 0 Å². The fraction of sp³-hybridized carbons (Fsp3) is 0.350. The van der Waals surface area contributed by atoms with E-state index in [4.69, 9.17) is 4.74 Å². The van der Waals surface area contributed by atoms with Crippen LogP contribution in [0.2, 0.25) is 0 Å². The second kappa shape index (κ2) is 7.70. The largest absolute Gasteiger partial charge is 0.495 e. The van der Waals surface area contributed by atoms with E-state index < -0.39 is 10.0 Å². The molecule has 2 aromatic rings. The zero-order chi connectivity index (χ0) is 19.6. The maximum absolute atomic E-state index is 13.0. The van der Waals surface area contributed by atoms with E-state index in [1.54, 1.807) is 29.2 Å². The fourth-order valence-corrected chi connectivity index (χ4v) is 4.80. The molecule has 1 heterocycles. The topological polar surface area (TPSA) is 66.9 Å². The van der Waals surface area contributed by atoms with Crippen molar-refractivity contribution in [2.24, 2.45) is 0 Å². The molecular formula is C20H24N2O4S. The molecular weight excluding hydrogens is 364 g/mol. The van der Waals surface area contributed by atoms with Gasteiger partial charge in [0.2, 0.25) is 10.0 Å². The van der Waals surface area contributed by atoms with Crippen LogP contribution in [0.1, 0.15) is 21.5 Å². The predicted molar refractivity (Wildman–Crippen MR) is 104 cm³/mol. The summed E-state index contributed by atoms with van der Waals surface area (Å²) >= 11 is 0. The van der Waals surface area contributed by atoms with Gasteiger partial charge < -0.3 is 9.64 Å². The number of aryl methyl sites for hydroxylation is 2. The van der Waals surface area contributed by atoms with Crippen molar-refractivity contribution < 1.29 is 17.9 Å². The molecule has 27 heavy (non-hydrogen) atoms. The van der Waals surface area contributed by atoms with Gasteiger partial charge in [0.15, 0.2) is 0 Å². The second-order valence-electron chi connectivity index (χ2n) is 6.72. The van der Waals surface area contributed by atoms with Crippen molar-refractivity contribution in [3.63, 3.8) is 0 Å². The van der Waals surface area contributed by atoms with Crippen LogP contribution in [0.25, 0.3) is 0 Å². The second-order valence-corrected chi connectivity index (χ2v) is 8.62. The van der Waals surface area contributed by atoms with Gasteiger partial charge in [-0.2, -0.15) is 4.31 Å². The molecule has 0 unspecified atom stereocenters. The van der Waals surface area contributed by atoms with Crippen molar-refractivity contribution in [3.05, 3.63) is 59.2 Å². The van der Waals surface area contributed by atoms with E-state index in [1.165, 1.54) is 11.4 Å². The molecule has 1 saturated heterocycles.